The van der Waals surface area contributed by atoms with Gasteiger partial charge in [0, 0.05) is 13.0 Å². The number of nitrogens with two attached hydrogens (primary N) is 1. The number of carbonyl (C=O) groups excluding carboxylic acids is 3. The van der Waals surface area contributed by atoms with E-state index in [4.69, 9.17) is 10.8 Å². The van der Waals surface area contributed by atoms with Crippen LogP contribution in [0.5, 0.6) is 0 Å². The van der Waals surface area contributed by atoms with E-state index in [9.17, 15) is 29.1 Å². The van der Waals surface area contributed by atoms with Crippen molar-refractivity contribution in [1.82, 2.24) is 15.5 Å². The van der Waals surface area contributed by atoms with Gasteiger partial charge < -0.3 is 31.5 Å². The van der Waals surface area contributed by atoms with Crippen LogP contribution in [0.1, 0.15) is 39.0 Å². The first kappa shape index (κ1) is 25.7. The zero-order chi connectivity index (χ0) is 22.8. The molecule has 0 saturated carbocycles. The average molecular weight is 447 g/mol. The number of thioether (sulfide) groups is 1. The number of nitrogens with zero attached hydrogens (tertiary/aromatic N) is 1. The summed E-state index contributed by atoms with van der Waals surface area (Å²) in [4.78, 5) is 60.6. The highest BCUT2D eigenvalue weighted by molar-refractivity contribution is 7.98. The molecule has 6 N–H and O–H groups in total. The predicted molar refractivity (Wildman–Crippen MR) is 110 cm³/mol. The van der Waals surface area contributed by atoms with E-state index in [1.807, 2.05) is 6.26 Å². The molecule has 3 amide bonds. The first-order valence-electron chi connectivity index (χ1n) is 9.68. The number of amides is 3. The Labute approximate surface area is 179 Å². The van der Waals surface area contributed by atoms with Crippen molar-refractivity contribution >= 4 is 41.4 Å². The van der Waals surface area contributed by atoms with Gasteiger partial charge in [-0.25, -0.2) is 4.79 Å². The lowest BCUT2D eigenvalue weighted by Crippen LogP contribution is -2.56. The van der Waals surface area contributed by atoms with Gasteiger partial charge in [0.15, 0.2) is 0 Å². The summed E-state index contributed by atoms with van der Waals surface area (Å²) in [5.74, 6) is -3.35. The highest BCUT2D eigenvalue weighted by Gasteiger charge is 2.36. The minimum absolute atomic E-state index is 0.0710. The molecule has 170 valence electrons. The molecule has 0 radical (unpaired) electrons. The lowest BCUT2D eigenvalue weighted by atomic mass is 10.1. The van der Waals surface area contributed by atoms with Gasteiger partial charge in [0.25, 0.3) is 0 Å². The summed E-state index contributed by atoms with van der Waals surface area (Å²) < 4.78 is 0. The van der Waals surface area contributed by atoms with E-state index in [0.29, 0.717) is 25.1 Å². The summed E-state index contributed by atoms with van der Waals surface area (Å²) in [6, 6.07) is -3.90. The molecular formula is C18H30N4O7S. The zero-order valence-corrected chi connectivity index (χ0v) is 17.9. The topological polar surface area (TPSA) is 179 Å². The molecule has 1 fully saturated rings. The molecule has 12 heteroatoms. The molecular weight excluding hydrogens is 416 g/mol. The van der Waals surface area contributed by atoms with Gasteiger partial charge in [0.1, 0.15) is 18.1 Å². The maximum Gasteiger partial charge on any atom is 0.326 e. The monoisotopic (exact) mass is 446 g/mol. The minimum atomic E-state index is -1.08. The van der Waals surface area contributed by atoms with Gasteiger partial charge in [-0.1, -0.05) is 0 Å². The van der Waals surface area contributed by atoms with Gasteiger partial charge in [-0.3, -0.25) is 19.2 Å². The highest BCUT2D eigenvalue weighted by atomic mass is 32.2. The van der Waals surface area contributed by atoms with Crippen LogP contribution in [-0.2, 0) is 24.0 Å². The summed E-state index contributed by atoms with van der Waals surface area (Å²) >= 11 is 1.47. The van der Waals surface area contributed by atoms with E-state index in [1.54, 1.807) is 0 Å². The van der Waals surface area contributed by atoms with Crippen LogP contribution in [0.3, 0.4) is 0 Å². The van der Waals surface area contributed by atoms with Crippen molar-refractivity contribution in [2.45, 2.75) is 63.2 Å². The Kier molecular flexibility index (Phi) is 10.6. The molecule has 1 aliphatic rings. The maximum absolute atomic E-state index is 12.7. The molecule has 0 aromatic heterocycles. The Morgan fingerprint density at radius 3 is 2.37 bits per heavy atom. The number of nitrogens with one attached hydrogen (secondary N) is 2. The van der Waals surface area contributed by atoms with Crippen molar-refractivity contribution in [3.8, 4) is 0 Å². The van der Waals surface area contributed by atoms with Crippen LogP contribution in [0, 0.1) is 0 Å². The molecule has 0 aliphatic carbocycles. The smallest absolute Gasteiger partial charge is 0.326 e. The van der Waals surface area contributed by atoms with Crippen LogP contribution < -0.4 is 16.4 Å². The van der Waals surface area contributed by atoms with E-state index in [-0.39, 0.29) is 19.3 Å². The lowest BCUT2D eigenvalue weighted by molar-refractivity contribution is -0.149. The Balaban J connectivity index is 2.73. The normalized spacial score (nSPS) is 18.9. The molecule has 30 heavy (non-hydrogen) atoms. The van der Waals surface area contributed by atoms with E-state index < -0.39 is 53.8 Å². The fourth-order valence-corrected chi connectivity index (χ4v) is 3.58. The Hall–Kier alpha value is -2.34. The minimum Gasteiger partial charge on any atom is -0.481 e. The van der Waals surface area contributed by atoms with Gasteiger partial charge in [-0.15, -0.1) is 0 Å². The molecule has 4 atom stereocenters. The van der Waals surface area contributed by atoms with Crippen molar-refractivity contribution < 1.29 is 34.2 Å². The summed E-state index contributed by atoms with van der Waals surface area (Å²) in [6.45, 7) is 1.77. The second-order valence-electron chi connectivity index (χ2n) is 7.14. The number of aliphatic carboxylic acids is 2. The third-order valence-electron chi connectivity index (χ3n) is 4.80. The molecule has 1 saturated heterocycles. The first-order chi connectivity index (χ1) is 14.1. The molecule has 11 nitrogen and oxygen atoms in total. The zero-order valence-electron chi connectivity index (χ0n) is 17.1. The second kappa shape index (κ2) is 12.4. The van der Waals surface area contributed by atoms with E-state index >= 15 is 0 Å². The van der Waals surface area contributed by atoms with E-state index in [1.165, 1.54) is 23.6 Å². The van der Waals surface area contributed by atoms with Gasteiger partial charge in [-0.05, 0) is 44.6 Å². The number of hydrogen-bond acceptors (Lipinski definition) is 7. The summed E-state index contributed by atoms with van der Waals surface area (Å²) in [7, 11) is 0. The first-order valence-corrected chi connectivity index (χ1v) is 11.1. The quantitative estimate of drug-likeness (QED) is 0.251. The molecule has 1 aliphatic heterocycles. The van der Waals surface area contributed by atoms with Gasteiger partial charge in [0.05, 0.1) is 6.04 Å². The van der Waals surface area contributed by atoms with Gasteiger partial charge >= 0.3 is 11.9 Å². The number of carboxylic acids is 2. The molecule has 1 heterocycles. The van der Waals surface area contributed by atoms with E-state index in [0.717, 1.165) is 0 Å². The number of rotatable bonds is 12. The van der Waals surface area contributed by atoms with Crippen LogP contribution in [0.2, 0.25) is 0 Å². The number of likely N-dealkylation sites (tertiary alicyclic amines) is 1. The van der Waals surface area contributed by atoms with Crippen LogP contribution in [-0.4, -0.2) is 87.5 Å². The second-order valence-corrected chi connectivity index (χ2v) is 8.13. The molecule has 1 rings (SSSR count). The third kappa shape index (κ3) is 7.82. The molecule has 4 unspecified atom stereocenters. The van der Waals surface area contributed by atoms with Crippen molar-refractivity contribution in [3.05, 3.63) is 0 Å². The largest absolute Gasteiger partial charge is 0.481 e. The molecule has 0 aromatic carbocycles. The number of hydrogen-bond donors (Lipinski definition) is 5. The summed E-state index contributed by atoms with van der Waals surface area (Å²) in [6.07, 6.45) is 2.71. The van der Waals surface area contributed by atoms with Gasteiger partial charge in [-0.2, -0.15) is 11.8 Å². The standard InChI is InChI=1S/C18H30N4O7S/c1-10(17(27)22-8-3-4-13(22)18(28)29)20-16(26)12(7-9-30-2)21-15(25)11(19)5-6-14(23)24/h10-13H,3-9,19H2,1-2H3,(H,20,26)(H,21,25)(H,23,24)(H,28,29). The summed E-state index contributed by atoms with van der Waals surface area (Å²) in [5, 5.41) is 23.0. The Morgan fingerprint density at radius 2 is 1.80 bits per heavy atom. The SMILES string of the molecule is CSCCC(NC(=O)C(N)CCC(=O)O)C(=O)NC(C)C(=O)N1CCCC1C(=O)O. The maximum atomic E-state index is 12.7. The number of carboxylic acid groups (broad SMARTS) is 2. The molecule has 0 aromatic rings. The third-order valence-corrected chi connectivity index (χ3v) is 5.44. The Morgan fingerprint density at radius 1 is 1.13 bits per heavy atom. The molecule has 0 spiro atoms. The Bertz CT molecular complexity index is 660. The van der Waals surface area contributed by atoms with Crippen LogP contribution in [0.4, 0.5) is 0 Å². The van der Waals surface area contributed by atoms with E-state index in [2.05, 4.69) is 10.6 Å². The fourth-order valence-electron chi connectivity index (χ4n) is 3.11. The van der Waals surface area contributed by atoms with Crippen LogP contribution in [0.15, 0.2) is 0 Å². The lowest BCUT2D eigenvalue weighted by Gasteiger charge is -2.27. The van der Waals surface area contributed by atoms with Crippen LogP contribution >= 0.6 is 11.8 Å². The highest BCUT2D eigenvalue weighted by Crippen LogP contribution is 2.18. The predicted octanol–water partition coefficient (Wildman–Crippen LogP) is -1.00. The number of carbonyl (C=O) groups is 5. The fraction of sp³-hybridized carbons (Fsp3) is 0.722. The van der Waals surface area contributed by atoms with Crippen molar-refractivity contribution in [1.29, 1.82) is 0 Å². The van der Waals surface area contributed by atoms with Crippen LogP contribution in [0.25, 0.3) is 0 Å². The molecule has 0 bridgehead atoms. The van der Waals surface area contributed by atoms with Crippen molar-refractivity contribution in [2.75, 3.05) is 18.6 Å². The van der Waals surface area contributed by atoms with Crippen molar-refractivity contribution in [2.24, 2.45) is 5.73 Å². The van der Waals surface area contributed by atoms with Crippen molar-refractivity contribution in [3.63, 3.8) is 0 Å². The van der Waals surface area contributed by atoms with Gasteiger partial charge in [0.2, 0.25) is 17.7 Å². The average Bonchev–Trinajstić information content (AvgIpc) is 3.18. The summed E-state index contributed by atoms with van der Waals surface area (Å²) in [5.41, 5.74) is 5.69.